The van der Waals surface area contributed by atoms with Gasteiger partial charge in [-0.05, 0) is 6.42 Å². The van der Waals surface area contributed by atoms with Crippen molar-refractivity contribution in [1.29, 1.82) is 0 Å². The van der Waals surface area contributed by atoms with Crippen LogP contribution in [0.2, 0.25) is 0 Å². The molecule has 8 nitrogen and oxygen atoms in total. The van der Waals surface area contributed by atoms with E-state index in [-0.39, 0.29) is 6.54 Å². The summed E-state index contributed by atoms with van der Waals surface area (Å²) < 4.78 is 0. The van der Waals surface area contributed by atoms with Crippen LogP contribution in [0.4, 0.5) is 9.59 Å². The first kappa shape index (κ1) is 11.5. The van der Waals surface area contributed by atoms with Crippen LogP contribution < -0.4 is 22.2 Å². The largest absolute Gasteiger partial charge is 0.464 e. The van der Waals surface area contributed by atoms with Crippen LogP contribution in [0.15, 0.2) is 0 Å². The number of hydrogen-bond acceptors (Lipinski definition) is 4. The quantitative estimate of drug-likeness (QED) is 0.221. The first-order chi connectivity index (χ1) is 6.11. The molecule has 0 aliphatic heterocycles. The van der Waals surface area contributed by atoms with Gasteiger partial charge in [-0.2, -0.15) is 0 Å². The van der Waals surface area contributed by atoms with Gasteiger partial charge in [-0.3, -0.25) is 10.9 Å². The number of amides is 3. The van der Waals surface area contributed by atoms with Gasteiger partial charge in [0.2, 0.25) is 0 Å². The van der Waals surface area contributed by atoms with E-state index in [2.05, 4.69) is 5.53 Å². The minimum absolute atomic E-state index is 0.264. The highest BCUT2D eigenvalue weighted by atomic mass is 16.4. The van der Waals surface area contributed by atoms with Crippen molar-refractivity contribution in [2.45, 2.75) is 13.3 Å². The van der Waals surface area contributed by atoms with Crippen LogP contribution >= 0.6 is 0 Å². The van der Waals surface area contributed by atoms with Crippen molar-refractivity contribution in [1.82, 2.24) is 21.4 Å². The number of carbonyl (C=O) groups is 2. The van der Waals surface area contributed by atoms with Gasteiger partial charge in [0.05, 0.1) is 0 Å². The van der Waals surface area contributed by atoms with Gasteiger partial charge in [-0.15, -0.1) is 5.53 Å². The Bertz CT molecular complexity index is 185. The zero-order valence-corrected chi connectivity index (χ0v) is 7.20. The Morgan fingerprint density at radius 2 is 2.15 bits per heavy atom. The summed E-state index contributed by atoms with van der Waals surface area (Å²) in [7, 11) is 0. The third kappa shape index (κ3) is 4.82. The number of carbonyl (C=O) groups excluding carboxylic acids is 1. The second kappa shape index (κ2) is 6.03. The summed E-state index contributed by atoms with van der Waals surface area (Å²) in [5.74, 6) is 4.74. The summed E-state index contributed by atoms with van der Waals surface area (Å²) in [6, 6.07) is -0.720. The third-order valence-corrected chi connectivity index (χ3v) is 1.11. The van der Waals surface area contributed by atoms with Crippen LogP contribution in [0.5, 0.6) is 0 Å². The van der Waals surface area contributed by atoms with E-state index in [9.17, 15) is 9.59 Å². The standard InChI is InChI=1S/C5H13N5O3/c1-2-3-10(5(12)13)9-8-4(11)7-6/h9H,2-3,6H2,1H3,(H,12,13)(H2,7,8,11). The summed E-state index contributed by atoms with van der Waals surface area (Å²) in [6.07, 6.45) is -0.551. The molecule has 0 atom stereocenters. The molecule has 13 heavy (non-hydrogen) atoms. The Morgan fingerprint density at radius 3 is 2.54 bits per heavy atom. The maximum absolute atomic E-state index is 10.5. The number of nitrogens with two attached hydrogens (primary N) is 1. The maximum atomic E-state index is 10.5. The lowest BCUT2D eigenvalue weighted by Gasteiger charge is -2.19. The van der Waals surface area contributed by atoms with Crippen LogP contribution in [0, 0.1) is 0 Å². The molecule has 0 rings (SSSR count). The molecule has 3 amide bonds. The van der Waals surface area contributed by atoms with E-state index in [4.69, 9.17) is 10.9 Å². The number of hydrogen-bond donors (Lipinski definition) is 5. The highest BCUT2D eigenvalue weighted by molar-refractivity contribution is 5.73. The molecule has 0 heterocycles. The molecule has 0 unspecified atom stereocenters. The Balaban J connectivity index is 3.82. The van der Waals surface area contributed by atoms with E-state index >= 15 is 0 Å². The van der Waals surface area contributed by atoms with Crippen molar-refractivity contribution in [3.8, 4) is 0 Å². The molecule has 0 saturated heterocycles. The van der Waals surface area contributed by atoms with E-state index in [1.807, 2.05) is 5.43 Å². The zero-order chi connectivity index (χ0) is 10.3. The summed E-state index contributed by atoms with van der Waals surface area (Å²) in [5.41, 5.74) is 5.95. The van der Waals surface area contributed by atoms with Gasteiger partial charge in [0.1, 0.15) is 0 Å². The molecule has 6 N–H and O–H groups in total. The summed E-state index contributed by atoms with van der Waals surface area (Å²) >= 11 is 0. The van der Waals surface area contributed by atoms with E-state index in [0.29, 0.717) is 6.42 Å². The summed E-state index contributed by atoms with van der Waals surface area (Å²) in [4.78, 5) is 21.0. The average Bonchev–Trinajstić information content (AvgIpc) is 2.11. The van der Waals surface area contributed by atoms with Gasteiger partial charge in [-0.25, -0.2) is 20.4 Å². The van der Waals surface area contributed by atoms with E-state index in [1.54, 1.807) is 12.3 Å². The van der Waals surface area contributed by atoms with Crippen LogP contribution in [0.1, 0.15) is 13.3 Å². The predicted molar refractivity (Wildman–Crippen MR) is 44.0 cm³/mol. The number of carboxylic acid groups (broad SMARTS) is 1. The predicted octanol–water partition coefficient (Wildman–Crippen LogP) is -1.03. The second-order valence-corrected chi connectivity index (χ2v) is 2.14. The van der Waals surface area contributed by atoms with Crippen molar-refractivity contribution in [3.05, 3.63) is 0 Å². The van der Waals surface area contributed by atoms with Crippen molar-refractivity contribution in [2.75, 3.05) is 6.54 Å². The molecule has 0 aromatic heterocycles. The lowest BCUT2D eigenvalue weighted by molar-refractivity contribution is 0.109. The van der Waals surface area contributed by atoms with Crippen molar-refractivity contribution in [3.63, 3.8) is 0 Å². The highest BCUT2D eigenvalue weighted by Gasteiger charge is 2.09. The Labute approximate surface area is 75.0 Å². The molecular weight excluding hydrogens is 178 g/mol. The molecule has 8 heteroatoms. The van der Waals surface area contributed by atoms with Gasteiger partial charge < -0.3 is 5.11 Å². The number of hydrazine groups is 3. The zero-order valence-electron chi connectivity index (χ0n) is 7.20. The Kier molecular flexibility index (Phi) is 5.32. The molecule has 0 aliphatic carbocycles. The average molecular weight is 191 g/mol. The van der Waals surface area contributed by atoms with Crippen molar-refractivity contribution >= 4 is 12.1 Å². The summed E-state index contributed by atoms with van der Waals surface area (Å²) in [5, 5.41) is 9.38. The van der Waals surface area contributed by atoms with Gasteiger partial charge in [0, 0.05) is 6.54 Å². The molecule has 0 aromatic carbocycles. The molecule has 76 valence electrons. The highest BCUT2D eigenvalue weighted by Crippen LogP contribution is 1.85. The Morgan fingerprint density at radius 1 is 1.54 bits per heavy atom. The number of nitrogens with one attached hydrogen (secondary N) is 3. The van der Waals surface area contributed by atoms with Gasteiger partial charge in [0.15, 0.2) is 0 Å². The van der Waals surface area contributed by atoms with Gasteiger partial charge in [-0.1, -0.05) is 6.92 Å². The molecule has 0 fully saturated rings. The lowest BCUT2D eigenvalue weighted by atomic mass is 10.5. The fourth-order valence-corrected chi connectivity index (χ4v) is 0.577. The minimum Gasteiger partial charge on any atom is -0.464 e. The van der Waals surface area contributed by atoms with Crippen molar-refractivity contribution < 1.29 is 14.7 Å². The SMILES string of the molecule is CCCN(NNC(=O)NN)C(=O)O. The first-order valence-electron chi connectivity index (χ1n) is 3.64. The second-order valence-electron chi connectivity index (χ2n) is 2.14. The molecule has 0 spiro atoms. The first-order valence-corrected chi connectivity index (χ1v) is 3.64. The molecular formula is C5H13N5O3. The van der Waals surface area contributed by atoms with E-state index < -0.39 is 12.1 Å². The van der Waals surface area contributed by atoms with Crippen LogP contribution in [-0.4, -0.2) is 28.8 Å². The fourth-order valence-electron chi connectivity index (χ4n) is 0.577. The van der Waals surface area contributed by atoms with Crippen LogP contribution in [0.25, 0.3) is 0 Å². The third-order valence-electron chi connectivity index (χ3n) is 1.11. The van der Waals surface area contributed by atoms with E-state index in [0.717, 1.165) is 5.01 Å². The smallest absolute Gasteiger partial charge is 0.423 e. The van der Waals surface area contributed by atoms with Crippen molar-refractivity contribution in [2.24, 2.45) is 5.84 Å². The van der Waals surface area contributed by atoms with Gasteiger partial charge in [0.25, 0.3) is 0 Å². The minimum atomic E-state index is -1.18. The fraction of sp³-hybridized carbons (Fsp3) is 0.600. The van der Waals surface area contributed by atoms with Crippen LogP contribution in [0.3, 0.4) is 0 Å². The van der Waals surface area contributed by atoms with E-state index in [1.165, 1.54) is 0 Å². The number of nitrogens with zero attached hydrogens (tertiary/aromatic N) is 1. The maximum Gasteiger partial charge on any atom is 0.423 e. The molecule has 0 aromatic rings. The topological polar surface area (TPSA) is 120 Å². The molecule has 0 saturated carbocycles. The monoisotopic (exact) mass is 191 g/mol. The Hall–Kier alpha value is -1.54. The molecule has 0 aliphatic rings. The number of rotatable bonds is 4. The molecule has 0 radical (unpaired) electrons. The van der Waals surface area contributed by atoms with Gasteiger partial charge >= 0.3 is 12.1 Å². The normalized spacial score (nSPS) is 9.08. The number of urea groups is 1. The molecule has 0 bridgehead atoms. The van der Waals surface area contributed by atoms with Crippen LogP contribution in [-0.2, 0) is 0 Å². The summed E-state index contributed by atoms with van der Waals surface area (Å²) in [6.45, 7) is 2.07. The lowest BCUT2D eigenvalue weighted by Crippen LogP contribution is -2.55.